The Labute approximate surface area is 181 Å². The van der Waals surface area contributed by atoms with E-state index in [1.807, 2.05) is 0 Å². The summed E-state index contributed by atoms with van der Waals surface area (Å²) >= 11 is 1.23. The van der Waals surface area contributed by atoms with Gasteiger partial charge in [0.15, 0.2) is 0 Å². The van der Waals surface area contributed by atoms with Crippen molar-refractivity contribution >= 4 is 39.2 Å². The highest BCUT2D eigenvalue weighted by atomic mass is 32.1. The standard InChI is InChI=1S/C20H22N6O4S/c1-2-25-18(29)14-7-3-4-8-15(14)26(20(25)30)11-16(27)24-9-5-6-13(10-24)17(28)22-19-23-21-12-31-19/h3-4,7-8,12-13H,2,5-6,9-11H2,1H3,(H,22,23,28)/t13-/m1/s1. The number of para-hydroxylation sites is 1. The van der Waals surface area contributed by atoms with E-state index in [1.54, 1.807) is 36.1 Å². The molecule has 1 aliphatic rings. The number of fused-ring (bicyclic) bond motifs is 1. The first-order valence-electron chi connectivity index (χ1n) is 10.1. The van der Waals surface area contributed by atoms with Crippen molar-refractivity contribution in [1.82, 2.24) is 24.2 Å². The second-order valence-electron chi connectivity index (χ2n) is 7.35. The number of nitrogens with zero attached hydrogens (tertiary/aromatic N) is 5. The first-order valence-corrected chi connectivity index (χ1v) is 10.9. The molecular formula is C20H22N6O4S. The molecule has 31 heavy (non-hydrogen) atoms. The molecule has 1 N–H and O–H groups in total. The lowest BCUT2D eigenvalue weighted by molar-refractivity contribution is -0.135. The van der Waals surface area contributed by atoms with Crippen molar-refractivity contribution < 1.29 is 9.59 Å². The lowest BCUT2D eigenvalue weighted by Gasteiger charge is -2.32. The van der Waals surface area contributed by atoms with E-state index in [0.717, 1.165) is 4.57 Å². The van der Waals surface area contributed by atoms with Gasteiger partial charge in [0, 0.05) is 19.6 Å². The summed E-state index contributed by atoms with van der Waals surface area (Å²) < 4.78 is 2.47. The second-order valence-corrected chi connectivity index (χ2v) is 8.18. The molecule has 1 saturated heterocycles. The minimum absolute atomic E-state index is 0.190. The van der Waals surface area contributed by atoms with Gasteiger partial charge in [-0.05, 0) is 31.9 Å². The average molecular weight is 443 g/mol. The Hall–Kier alpha value is -3.34. The van der Waals surface area contributed by atoms with Crippen molar-refractivity contribution in [2.45, 2.75) is 32.9 Å². The molecule has 1 atom stereocenters. The number of carbonyl (C=O) groups is 2. The zero-order valence-electron chi connectivity index (χ0n) is 17.0. The molecule has 0 radical (unpaired) electrons. The third kappa shape index (κ3) is 4.13. The highest BCUT2D eigenvalue weighted by molar-refractivity contribution is 7.13. The average Bonchev–Trinajstić information content (AvgIpc) is 3.30. The summed E-state index contributed by atoms with van der Waals surface area (Å²) in [6.07, 6.45) is 1.35. The summed E-state index contributed by atoms with van der Waals surface area (Å²) in [6, 6.07) is 6.78. The Morgan fingerprint density at radius 2 is 2.03 bits per heavy atom. The molecule has 0 unspecified atom stereocenters. The molecule has 3 aromatic rings. The number of anilines is 1. The number of nitrogens with one attached hydrogen (secondary N) is 1. The number of benzene rings is 1. The van der Waals surface area contributed by atoms with Crippen LogP contribution < -0.4 is 16.6 Å². The molecule has 1 aromatic carbocycles. The van der Waals surface area contributed by atoms with Crippen molar-refractivity contribution in [3.63, 3.8) is 0 Å². The molecular weight excluding hydrogens is 420 g/mol. The number of rotatable bonds is 5. The Morgan fingerprint density at radius 3 is 2.77 bits per heavy atom. The Morgan fingerprint density at radius 1 is 1.23 bits per heavy atom. The molecule has 1 aliphatic heterocycles. The van der Waals surface area contributed by atoms with Gasteiger partial charge in [-0.25, -0.2) is 4.79 Å². The van der Waals surface area contributed by atoms with Gasteiger partial charge in [-0.2, -0.15) is 0 Å². The van der Waals surface area contributed by atoms with Crippen molar-refractivity contribution in [3.05, 3.63) is 50.6 Å². The van der Waals surface area contributed by atoms with Gasteiger partial charge in [-0.3, -0.25) is 23.5 Å². The van der Waals surface area contributed by atoms with Gasteiger partial charge >= 0.3 is 5.69 Å². The molecule has 11 heteroatoms. The van der Waals surface area contributed by atoms with Crippen LogP contribution in [0.25, 0.3) is 10.9 Å². The van der Waals surface area contributed by atoms with Gasteiger partial charge in [0.25, 0.3) is 5.56 Å². The molecule has 0 saturated carbocycles. The Kier molecular flexibility index (Phi) is 5.94. The number of amides is 2. The highest BCUT2D eigenvalue weighted by Gasteiger charge is 2.29. The van der Waals surface area contributed by atoms with Crippen molar-refractivity contribution in [1.29, 1.82) is 0 Å². The van der Waals surface area contributed by atoms with Crippen molar-refractivity contribution in [3.8, 4) is 0 Å². The van der Waals surface area contributed by atoms with Crippen LogP contribution >= 0.6 is 11.3 Å². The summed E-state index contributed by atoms with van der Waals surface area (Å²) in [5.41, 5.74) is 1.09. The maximum atomic E-state index is 13.1. The zero-order valence-corrected chi connectivity index (χ0v) is 17.8. The molecule has 10 nitrogen and oxygen atoms in total. The summed E-state index contributed by atoms with van der Waals surface area (Å²) in [7, 11) is 0. The molecule has 4 rings (SSSR count). The van der Waals surface area contributed by atoms with E-state index in [9.17, 15) is 19.2 Å². The number of hydrogen-bond acceptors (Lipinski definition) is 7. The summed E-state index contributed by atoms with van der Waals surface area (Å²) in [6.45, 7) is 2.53. The first kappa shape index (κ1) is 20.9. The minimum Gasteiger partial charge on any atom is -0.340 e. The zero-order chi connectivity index (χ0) is 22.0. The van der Waals surface area contributed by atoms with E-state index in [1.165, 1.54) is 21.4 Å². The maximum Gasteiger partial charge on any atom is 0.331 e. The van der Waals surface area contributed by atoms with Gasteiger partial charge < -0.3 is 10.2 Å². The predicted octanol–water partition coefficient (Wildman–Crippen LogP) is 0.912. The van der Waals surface area contributed by atoms with Crippen LogP contribution in [-0.4, -0.2) is 49.1 Å². The number of aromatic nitrogens is 4. The fourth-order valence-electron chi connectivity index (χ4n) is 3.89. The maximum absolute atomic E-state index is 13.1. The number of hydrogen-bond donors (Lipinski definition) is 1. The molecule has 1 fully saturated rings. The second kappa shape index (κ2) is 8.80. The van der Waals surface area contributed by atoms with Crippen LogP contribution in [0.2, 0.25) is 0 Å². The van der Waals surface area contributed by atoms with Crippen LogP contribution in [0, 0.1) is 5.92 Å². The van der Waals surface area contributed by atoms with Gasteiger partial charge in [-0.15, -0.1) is 10.2 Å². The van der Waals surface area contributed by atoms with Crippen LogP contribution in [0.4, 0.5) is 5.13 Å². The van der Waals surface area contributed by atoms with Crippen molar-refractivity contribution in [2.75, 3.05) is 18.4 Å². The number of piperidine rings is 1. The van der Waals surface area contributed by atoms with Crippen LogP contribution in [0.5, 0.6) is 0 Å². The molecule has 162 valence electrons. The lowest BCUT2D eigenvalue weighted by atomic mass is 9.97. The van der Waals surface area contributed by atoms with Gasteiger partial charge in [0.1, 0.15) is 12.1 Å². The normalized spacial score (nSPS) is 16.4. The summed E-state index contributed by atoms with van der Waals surface area (Å²) in [4.78, 5) is 52.7. The van der Waals surface area contributed by atoms with E-state index < -0.39 is 5.69 Å². The molecule has 0 spiro atoms. The molecule has 0 bridgehead atoms. The molecule has 2 aromatic heterocycles. The summed E-state index contributed by atoms with van der Waals surface area (Å²) in [5.74, 6) is -0.821. The number of likely N-dealkylation sites (tertiary alicyclic amines) is 1. The Balaban J connectivity index is 1.56. The lowest BCUT2D eigenvalue weighted by Crippen LogP contribution is -2.47. The smallest absolute Gasteiger partial charge is 0.331 e. The fourth-order valence-corrected chi connectivity index (χ4v) is 4.34. The van der Waals surface area contributed by atoms with Crippen LogP contribution in [-0.2, 0) is 22.7 Å². The highest BCUT2D eigenvalue weighted by Crippen LogP contribution is 2.20. The van der Waals surface area contributed by atoms with Gasteiger partial charge in [0.05, 0.1) is 16.8 Å². The largest absolute Gasteiger partial charge is 0.340 e. The quantitative estimate of drug-likeness (QED) is 0.627. The van der Waals surface area contributed by atoms with E-state index in [4.69, 9.17) is 0 Å². The Bertz CT molecular complexity index is 1230. The first-order chi connectivity index (χ1) is 15.0. The van der Waals surface area contributed by atoms with Gasteiger partial charge in [0.2, 0.25) is 16.9 Å². The van der Waals surface area contributed by atoms with E-state index in [-0.39, 0.29) is 42.9 Å². The van der Waals surface area contributed by atoms with Crippen LogP contribution in [0.15, 0.2) is 39.4 Å². The van der Waals surface area contributed by atoms with E-state index in [0.29, 0.717) is 35.4 Å². The molecule has 2 amide bonds. The third-order valence-corrected chi connectivity index (χ3v) is 6.08. The SMILES string of the molecule is CCn1c(=O)c2ccccc2n(CC(=O)N2CCC[C@@H](C(=O)Nc3nncs3)C2)c1=O. The van der Waals surface area contributed by atoms with Gasteiger partial charge in [-0.1, -0.05) is 23.5 Å². The number of carbonyl (C=O) groups excluding carboxylic acids is 2. The molecule has 0 aliphatic carbocycles. The van der Waals surface area contributed by atoms with Crippen LogP contribution in [0.1, 0.15) is 19.8 Å². The monoisotopic (exact) mass is 442 g/mol. The van der Waals surface area contributed by atoms with E-state index >= 15 is 0 Å². The predicted molar refractivity (Wildman–Crippen MR) is 116 cm³/mol. The fraction of sp³-hybridized carbons (Fsp3) is 0.400. The van der Waals surface area contributed by atoms with Crippen LogP contribution in [0.3, 0.4) is 0 Å². The topological polar surface area (TPSA) is 119 Å². The molecule has 3 heterocycles. The van der Waals surface area contributed by atoms with E-state index in [2.05, 4.69) is 15.5 Å². The summed E-state index contributed by atoms with van der Waals surface area (Å²) in [5, 5.41) is 11.1. The van der Waals surface area contributed by atoms with Crippen molar-refractivity contribution in [2.24, 2.45) is 5.92 Å². The minimum atomic E-state index is -0.512. The third-order valence-electron chi connectivity index (χ3n) is 5.48.